The van der Waals surface area contributed by atoms with Crippen LogP contribution in [-0.2, 0) is 9.53 Å². The number of ether oxygens (including phenoxy) is 1. The Labute approximate surface area is 121 Å². The highest BCUT2D eigenvalue weighted by Gasteiger charge is 2.05. The van der Waals surface area contributed by atoms with Gasteiger partial charge in [0.05, 0.1) is 0 Å². The number of carbonyl (C=O) groups excluding carboxylic acids is 1. The molecule has 4 heteroatoms. The Balaban J connectivity index is 2.52. The first-order valence-electron chi connectivity index (χ1n) is 7.16. The topological polar surface area (TPSA) is 50.4 Å². The Hall–Kier alpha value is -1.55. The van der Waals surface area contributed by atoms with E-state index >= 15 is 0 Å². The van der Waals surface area contributed by atoms with Gasteiger partial charge in [0, 0.05) is 24.5 Å². The number of carbonyl (C=O) groups is 1. The van der Waals surface area contributed by atoms with Gasteiger partial charge in [0.1, 0.15) is 6.61 Å². The number of anilines is 2. The number of methoxy groups -OCH3 is 1. The molecule has 0 aliphatic carbocycles. The van der Waals surface area contributed by atoms with Crippen LogP contribution in [0, 0.1) is 5.92 Å². The summed E-state index contributed by atoms with van der Waals surface area (Å²) in [6.45, 7) is 6.72. The molecule has 0 saturated carbocycles. The first kappa shape index (κ1) is 16.5. The maximum atomic E-state index is 11.5. The van der Waals surface area contributed by atoms with Crippen LogP contribution in [0.1, 0.15) is 33.6 Å². The van der Waals surface area contributed by atoms with Crippen molar-refractivity contribution in [3.05, 3.63) is 24.3 Å². The van der Waals surface area contributed by atoms with Gasteiger partial charge in [0.25, 0.3) is 0 Å². The van der Waals surface area contributed by atoms with Crippen LogP contribution >= 0.6 is 0 Å². The standard InChI is InChI=1S/C16H26N2O2/c1-12(2)8-9-13(3)17-14-6-5-7-15(10-14)18-16(19)11-20-4/h5-7,10,12-13,17H,8-9,11H2,1-4H3,(H,18,19). The molecular formula is C16H26N2O2. The summed E-state index contributed by atoms with van der Waals surface area (Å²) in [4.78, 5) is 11.5. The summed E-state index contributed by atoms with van der Waals surface area (Å²) >= 11 is 0. The molecule has 0 aliphatic rings. The Morgan fingerprint density at radius 1 is 1.20 bits per heavy atom. The van der Waals surface area contributed by atoms with Crippen LogP contribution in [-0.4, -0.2) is 25.7 Å². The van der Waals surface area contributed by atoms with Gasteiger partial charge in [-0.3, -0.25) is 4.79 Å². The van der Waals surface area contributed by atoms with Crippen molar-refractivity contribution in [2.24, 2.45) is 5.92 Å². The second-order valence-electron chi connectivity index (χ2n) is 5.58. The number of benzene rings is 1. The zero-order valence-electron chi connectivity index (χ0n) is 12.9. The largest absolute Gasteiger partial charge is 0.383 e. The van der Waals surface area contributed by atoms with Crippen LogP contribution in [0.2, 0.25) is 0 Å². The van der Waals surface area contributed by atoms with E-state index in [1.165, 1.54) is 13.5 Å². The smallest absolute Gasteiger partial charge is 0.250 e. The molecule has 0 radical (unpaired) electrons. The molecule has 1 unspecified atom stereocenters. The van der Waals surface area contributed by atoms with Gasteiger partial charge in [-0.05, 0) is 43.9 Å². The van der Waals surface area contributed by atoms with Gasteiger partial charge in [-0.2, -0.15) is 0 Å². The Morgan fingerprint density at radius 3 is 2.55 bits per heavy atom. The monoisotopic (exact) mass is 278 g/mol. The number of rotatable bonds is 8. The summed E-state index contributed by atoms with van der Waals surface area (Å²) in [5, 5.41) is 6.26. The average molecular weight is 278 g/mol. The second kappa shape index (κ2) is 8.59. The molecule has 1 rings (SSSR count). The van der Waals surface area contributed by atoms with Gasteiger partial charge in [-0.1, -0.05) is 19.9 Å². The molecule has 0 aliphatic heterocycles. The van der Waals surface area contributed by atoms with Crippen LogP contribution in [0.25, 0.3) is 0 Å². The van der Waals surface area contributed by atoms with Crippen LogP contribution in [0.3, 0.4) is 0 Å². The predicted molar refractivity (Wildman–Crippen MR) is 84.1 cm³/mol. The summed E-state index contributed by atoms with van der Waals surface area (Å²) in [6, 6.07) is 8.18. The molecule has 1 aromatic carbocycles. The number of nitrogens with one attached hydrogen (secondary N) is 2. The van der Waals surface area contributed by atoms with Crippen molar-refractivity contribution in [3.8, 4) is 0 Å². The zero-order valence-corrected chi connectivity index (χ0v) is 12.9. The molecule has 1 amide bonds. The Kier molecular flexibility index (Phi) is 7.09. The number of hydrogen-bond acceptors (Lipinski definition) is 3. The first-order valence-corrected chi connectivity index (χ1v) is 7.16. The fourth-order valence-corrected chi connectivity index (χ4v) is 1.95. The molecule has 20 heavy (non-hydrogen) atoms. The van der Waals surface area contributed by atoms with Crippen LogP contribution in [0.4, 0.5) is 11.4 Å². The van der Waals surface area contributed by atoms with Crippen LogP contribution in [0.15, 0.2) is 24.3 Å². The van der Waals surface area contributed by atoms with Crippen molar-refractivity contribution in [2.45, 2.75) is 39.7 Å². The van der Waals surface area contributed by atoms with Gasteiger partial charge in [-0.25, -0.2) is 0 Å². The van der Waals surface area contributed by atoms with Crippen molar-refractivity contribution in [2.75, 3.05) is 24.4 Å². The Bertz CT molecular complexity index is 419. The highest BCUT2D eigenvalue weighted by molar-refractivity contribution is 5.92. The lowest BCUT2D eigenvalue weighted by molar-refractivity contribution is -0.119. The molecule has 0 saturated heterocycles. The van der Waals surface area contributed by atoms with Crippen LogP contribution < -0.4 is 10.6 Å². The zero-order chi connectivity index (χ0) is 15.0. The van der Waals surface area contributed by atoms with Gasteiger partial charge in [0.15, 0.2) is 0 Å². The van der Waals surface area contributed by atoms with E-state index in [1.807, 2.05) is 24.3 Å². The van der Waals surface area contributed by atoms with Crippen molar-refractivity contribution in [1.82, 2.24) is 0 Å². The van der Waals surface area contributed by atoms with Gasteiger partial charge in [-0.15, -0.1) is 0 Å². The van der Waals surface area contributed by atoms with E-state index < -0.39 is 0 Å². The molecule has 4 nitrogen and oxygen atoms in total. The fourth-order valence-electron chi connectivity index (χ4n) is 1.95. The third-order valence-corrected chi connectivity index (χ3v) is 3.01. The quantitative estimate of drug-likeness (QED) is 0.765. The van der Waals surface area contributed by atoms with Crippen LogP contribution in [0.5, 0.6) is 0 Å². The normalized spacial score (nSPS) is 12.2. The third-order valence-electron chi connectivity index (χ3n) is 3.01. The summed E-state index contributed by atoms with van der Waals surface area (Å²) < 4.78 is 4.80. The van der Waals surface area contributed by atoms with Crippen molar-refractivity contribution in [3.63, 3.8) is 0 Å². The lowest BCUT2D eigenvalue weighted by Gasteiger charge is -2.17. The Morgan fingerprint density at radius 2 is 1.90 bits per heavy atom. The maximum Gasteiger partial charge on any atom is 0.250 e. The highest BCUT2D eigenvalue weighted by Crippen LogP contribution is 2.17. The maximum absolute atomic E-state index is 11.5. The minimum atomic E-state index is -0.141. The summed E-state index contributed by atoms with van der Waals surface area (Å²) in [5.74, 6) is 0.580. The molecule has 0 fully saturated rings. The molecule has 0 heterocycles. The van der Waals surface area contributed by atoms with Gasteiger partial charge >= 0.3 is 0 Å². The van der Waals surface area contributed by atoms with Crippen molar-refractivity contribution >= 4 is 17.3 Å². The molecule has 1 atom stereocenters. The SMILES string of the molecule is COCC(=O)Nc1cccc(NC(C)CCC(C)C)c1. The van der Waals surface area contributed by atoms with E-state index in [2.05, 4.69) is 31.4 Å². The number of hydrogen-bond donors (Lipinski definition) is 2. The van der Waals surface area contributed by atoms with E-state index in [0.29, 0.717) is 6.04 Å². The molecule has 112 valence electrons. The second-order valence-corrected chi connectivity index (χ2v) is 5.58. The minimum Gasteiger partial charge on any atom is -0.383 e. The summed E-state index contributed by atoms with van der Waals surface area (Å²) in [7, 11) is 1.51. The fraction of sp³-hybridized carbons (Fsp3) is 0.562. The van der Waals surface area contributed by atoms with E-state index in [9.17, 15) is 4.79 Å². The predicted octanol–water partition coefficient (Wildman–Crippen LogP) is 3.51. The van der Waals surface area contributed by atoms with E-state index in [4.69, 9.17) is 4.74 Å². The third kappa shape index (κ3) is 6.57. The molecule has 0 spiro atoms. The van der Waals surface area contributed by atoms with Crippen molar-refractivity contribution < 1.29 is 9.53 Å². The molecule has 0 bridgehead atoms. The number of amides is 1. The van der Waals surface area contributed by atoms with E-state index in [1.54, 1.807) is 0 Å². The summed E-state index contributed by atoms with van der Waals surface area (Å²) in [5.41, 5.74) is 1.81. The molecule has 2 N–H and O–H groups in total. The lowest BCUT2D eigenvalue weighted by Crippen LogP contribution is -2.18. The minimum absolute atomic E-state index is 0.0719. The van der Waals surface area contributed by atoms with Gasteiger partial charge < -0.3 is 15.4 Å². The average Bonchev–Trinajstić information content (AvgIpc) is 2.37. The van der Waals surface area contributed by atoms with Gasteiger partial charge in [0.2, 0.25) is 5.91 Å². The molecular weight excluding hydrogens is 252 g/mol. The van der Waals surface area contributed by atoms with Crippen molar-refractivity contribution in [1.29, 1.82) is 0 Å². The highest BCUT2D eigenvalue weighted by atomic mass is 16.5. The lowest BCUT2D eigenvalue weighted by atomic mass is 10.0. The molecule has 0 aromatic heterocycles. The summed E-state index contributed by atoms with van der Waals surface area (Å²) in [6.07, 6.45) is 2.34. The van der Waals surface area contributed by atoms with E-state index in [0.717, 1.165) is 23.7 Å². The van der Waals surface area contributed by atoms with E-state index in [-0.39, 0.29) is 12.5 Å². The first-order chi connectivity index (χ1) is 9.51. The molecule has 1 aromatic rings.